The van der Waals surface area contributed by atoms with E-state index in [0.29, 0.717) is 118 Å². The first-order valence-electron chi connectivity index (χ1n) is 24.6. The van der Waals surface area contributed by atoms with Gasteiger partial charge < -0.3 is 40.1 Å². The molecule has 0 spiro atoms. The number of aromatic nitrogens is 1. The third kappa shape index (κ3) is 13.7. The number of nitrogen functional groups attached to an aromatic ring is 1. The molecule has 1 unspecified atom stereocenters. The topological polar surface area (TPSA) is 261 Å². The highest BCUT2D eigenvalue weighted by molar-refractivity contribution is 7.90. The van der Waals surface area contributed by atoms with Crippen molar-refractivity contribution >= 4 is 56.8 Å². The number of pyridine rings is 1. The van der Waals surface area contributed by atoms with E-state index in [1.165, 1.54) is 18.3 Å². The second-order valence-electron chi connectivity index (χ2n) is 17.9. The lowest BCUT2D eigenvalue weighted by Crippen LogP contribution is -2.54. The van der Waals surface area contributed by atoms with E-state index in [2.05, 4.69) is 20.9 Å². The molecular formula is C54H57FN6O13S. The highest BCUT2D eigenvalue weighted by Crippen LogP contribution is 2.34. The summed E-state index contributed by atoms with van der Waals surface area (Å²) in [6.45, 7) is 3.84. The zero-order valence-electron chi connectivity index (χ0n) is 41.0. The number of hydrogen-bond acceptors (Lipinski definition) is 15. The minimum atomic E-state index is -3.95. The number of benzene rings is 4. The monoisotopic (exact) mass is 1050 g/mol. The van der Waals surface area contributed by atoms with Crippen LogP contribution in [0.5, 0.6) is 0 Å². The molecule has 4 heterocycles. The van der Waals surface area contributed by atoms with Crippen LogP contribution in [0, 0.1) is 5.82 Å². The van der Waals surface area contributed by atoms with Crippen LogP contribution >= 0.6 is 0 Å². The molecule has 3 aliphatic rings. The Morgan fingerprint density at radius 1 is 0.733 bits per heavy atom. The average molecular weight is 1050 g/mol. The molecule has 19 nitrogen and oxygen atoms in total. The van der Waals surface area contributed by atoms with Crippen molar-refractivity contribution in [2.45, 2.75) is 55.2 Å². The average Bonchev–Trinajstić information content (AvgIpc) is 3.65. The van der Waals surface area contributed by atoms with Crippen LogP contribution in [0.25, 0.3) is 22.3 Å². The van der Waals surface area contributed by atoms with Crippen LogP contribution < -0.4 is 21.7 Å². The summed E-state index contributed by atoms with van der Waals surface area (Å²) in [4.78, 5) is 80.0. The van der Waals surface area contributed by atoms with Crippen molar-refractivity contribution in [1.29, 1.82) is 0 Å². The van der Waals surface area contributed by atoms with Crippen molar-refractivity contribution < 1.29 is 65.3 Å². The number of carbonyl (C=O) groups excluding carboxylic acids is 6. The number of fused-ring (bicyclic) bond motifs is 2. The number of imide groups is 2. The van der Waals surface area contributed by atoms with Crippen molar-refractivity contribution in [1.82, 2.24) is 20.5 Å². The number of nitrogens with two attached hydrogens (primary N) is 1. The summed E-state index contributed by atoms with van der Waals surface area (Å²) in [5.74, 6) is -3.47. The van der Waals surface area contributed by atoms with Crippen LogP contribution in [0.2, 0.25) is 0 Å². The number of piperidine rings is 1. The number of carbonyl (C=O) groups is 6. The van der Waals surface area contributed by atoms with Crippen molar-refractivity contribution in [3.05, 3.63) is 130 Å². The number of nitrogens with one attached hydrogen (secondary N) is 3. The third-order valence-electron chi connectivity index (χ3n) is 12.7. The van der Waals surface area contributed by atoms with E-state index in [-0.39, 0.29) is 66.1 Å². The second-order valence-corrected chi connectivity index (χ2v) is 19.9. The third-order valence-corrected chi connectivity index (χ3v) is 14.4. The molecule has 0 saturated carbocycles. The van der Waals surface area contributed by atoms with Gasteiger partial charge in [-0.2, -0.15) is 0 Å². The van der Waals surface area contributed by atoms with E-state index >= 15 is 4.39 Å². The van der Waals surface area contributed by atoms with Gasteiger partial charge in [0.15, 0.2) is 9.84 Å². The Hall–Kier alpha value is -7.27. The quantitative estimate of drug-likeness (QED) is 0.0427. The van der Waals surface area contributed by atoms with Crippen LogP contribution in [0.15, 0.2) is 96.0 Å². The highest BCUT2D eigenvalue weighted by atomic mass is 32.2. The molecule has 5 aromatic rings. The molecular weight excluding hydrogens is 992 g/mol. The van der Waals surface area contributed by atoms with Gasteiger partial charge >= 0.3 is 0 Å². The summed E-state index contributed by atoms with van der Waals surface area (Å²) in [5.41, 5.74) is 11.7. The normalized spacial score (nSPS) is 15.4. The minimum absolute atomic E-state index is 0.0584. The zero-order chi connectivity index (χ0) is 52.9. The maximum atomic E-state index is 15.6. The molecule has 394 valence electrons. The zero-order valence-corrected chi connectivity index (χ0v) is 41.8. The Kier molecular flexibility index (Phi) is 18.2. The molecule has 0 bridgehead atoms. The fourth-order valence-corrected chi connectivity index (χ4v) is 10.2. The molecule has 75 heavy (non-hydrogen) atoms. The van der Waals surface area contributed by atoms with Crippen LogP contribution in [0.3, 0.4) is 0 Å². The van der Waals surface area contributed by atoms with Gasteiger partial charge in [-0.1, -0.05) is 42.5 Å². The molecule has 1 aromatic heterocycles. The fourth-order valence-electron chi connectivity index (χ4n) is 8.89. The van der Waals surface area contributed by atoms with E-state index in [0.717, 1.165) is 22.1 Å². The van der Waals surface area contributed by atoms with Crippen molar-refractivity contribution in [3.63, 3.8) is 0 Å². The molecule has 21 heteroatoms. The maximum absolute atomic E-state index is 15.6. The van der Waals surface area contributed by atoms with Gasteiger partial charge in [0.2, 0.25) is 17.7 Å². The molecule has 1 atom stereocenters. The minimum Gasteiger partial charge on any atom is -0.383 e. The van der Waals surface area contributed by atoms with Crippen LogP contribution in [0.1, 0.15) is 73.4 Å². The lowest BCUT2D eigenvalue weighted by molar-refractivity contribution is -0.136. The largest absolute Gasteiger partial charge is 0.383 e. The van der Waals surface area contributed by atoms with Gasteiger partial charge in [-0.05, 0) is 90.4 Å². The summed E-state index contributed by atoms with van der Waals surface area (Å²) in [6, 6.07) is 21.2. The summed E-state index contributed by atoms with van der Waals surface area (Å²) in [6.07, 6.45) is 3.42. The van der Waals surface area contributed by atoms with Gasteiger partial charge in [-0.15, -0.1) is 0 Å². The number of rotatable bonds is 26. The Morgan fingerprint density at radius 3 is 2.11 bits per heavy atom. The first kappa shape index (κ1) is 54.0. The van der Waals surface area contributed by atoms with Gasteiger partial charge in [0.1, 0.15) is 17.7 Å². The van der Waals surface area contributed by atoms with Crippen LogP contribution in [-0.2, 0) is 66.5 Å². The standard InChI is InChI=1S/C54H57FN6O13S/c55-45-31-40(11-13-41(45)38-30-44(50(56)58-32-38)36-8-12-42-37(29-36)16-18-57-51(42)64)75(68,69)33-34-6-9-39(10-7-34)59-48(63)17-20-71-22-24-73-26-28-74-27-25-72-23-21-70-19-2-4-35-3-1-5-43-49(35)54(67)61(53(43)66)46-14-15-47(62)60-52(46)65/h1,3,5-13,29-32,46H,2,4,14-28,33H2,(H2,56,58)(H,57,64)(H,59,63)(H,60,62,65). The molecule has 4 aromatic carbocycles. The SMILES string of the molecule is Nc1ncc(-c2ccc(S(=O)(=O)Cc3ccc(NC(=O)CCOCCOCCOCCOCCOCCCc4cccc5c4C(=O)N(C4CCC(=O)NC4=O)C5=O)cc3)cc2F)cc1-c1ccc2c(c1)CCNC2=O. The van der Waals surface area contributed by atoms with Gasteiger partial charge in [0.05, 0.1) is 87.7 Å². The summed E-state index contributed by atoms with van der Waals surface area (Å²) in [5, 5.41) is 7.78. The predicted molar refractivity (Wildman–Crippen MR) is 272 cm³/mol. The summed E-state index contributed by atoms with van der Waals surface area (Å²) >= 11 is 0. The lowest BCUT2D eigenvalue weighted by atomic mass is 9.94. The number of anilines is 2. The smallest absolute Gasteiger partial charge is 0.262 e. The van der Waals surface area contributed by atoms with Crippen LogP contribution in [-0.4, -0.2) is 132 Å². The van der Waals surface area contributed by atoms with Gasteiger partial charge in [0.25, 0.3) is 17.7 Å². The van der Waals surface area contributed by atoms with E-state index < -0.39 is 51.1 Å². The van der Waals surface area contributed by atoms with Crippen LogP contribution in [0.4, 0.5) is 15.9 Å². The van der Waals surface area contributed by atoms with E-state index in [1.54, 1.807) is 60.7 Å². The molecule has 0 radical (unpaired) electrons. The lowest BCUT2D eigenvalue weighted by Gasteiger charge is -2.27. The first-order chi connectivity index (χ1) is 36.3. The van der Waals surface area contributed by atoms with Gasteiger partial charge in [-0.25, -0.2) is 17.8 Å². The van der Waals surface area contributed by atoms with Crippen molar-refractivity contribution in [2.75, 3.05) is 83.7 Å². The van der Waals surface area contributed by atoms with Gasteiger partial charge in [-0.3, -0.25) is 39.0 Å². The van der Waals surface area contributed by atoms with Gasteiger partial charge in [0, 0.05) is 53.7 Å². The number of ether oxygens (including phenoxy) is 5. The van der Waals surface area contributed by atoms with E-state index in [9.17, 15) is 37.2 Å². The number of nitrogens with zero attached hydrogens (tertiary/aromatic N) is 2. The first-order valence-corrected chi connectivity index (χ1v) is 26.2. The number of hydrogen-bond donors (Lipinski definition) is 4. The Bertz CT molecular complexity index is 3060. The van der Waals surface area contributed by atoms with Crippen molar-refractivity contribution in [3.8, 4) is 22.3 Å². The van der Waals surface area contributed by atoms with E-state index in [1.807, 2.05) is 6.07 Å². The molecule has 1 saturated heterocycles. The number of amides is 6. The molecule has 8 rings (SSSR count). The Morgan fingerprint density at radius 2 is 1.41 bits per heavy atom. The Balaban J connectivity index is 0.641. The molecule has 3 aliphatic heterocycles. The fraction of sp³-hybridized carbons (Fsp3) is 0.352. The number of sulfone groups is 1. The molecule has 1 fully saturated rings. The summed E-state index contributed by atoms with van der Waals surface area (Å²) < 4.78 is 70.1. The molecule has 0 aliphatic carbocycles. The second kappa shape index (κ2) is 25.3. The Labute approximate surface area is 432 Å². The highest BCUT2D eigenvalue weighted by Gasteiger charge is 2.45. The van der Waals surface area contributed by atoms with E-state index in [4.69, 9.17) is 29.4 Å². The number of aryl methyl sites for hydroxylation is 1. The molecule has 6 amide bonds. The van der Waals surface area contributed by atoms with Crippen molar-refractivity contribution in [2.24, 2.45) is 0 Å². The molecule has 5 N–H and O–H groups in total. The summed E-state index contributed by atoms with van der Waals surface area (Å²) in [7, 11) is -3.95. The number of halogens is 1. The predicted octanol–water partition coefficient (Wildman–Crippen LogP) is 4.84. The maximum Gasteiger partial charge on any atom is 0.262 e.